The molecular weight excluding hydrogens is 320 g/mol. The van der Waals surface area contributed by atoms with Crippen LogP contribution in [-0.4, -0.2) is 43.1 Å². The normalized spacial score (nSPS) is 12.0. The second-order valence-electron chi connectivity index (χ2n) is 5.22. The van der Waals surface area contributed by atoms with Gasteiger partial charge in [0.1, 0.15) is 13.2 Å². The average molecular weight is 343 g/mol. The highest BCUT2D eigenvalue weighted by Gasteiger charge is 2.13. The molecule has 0 fully saturated rings. The third kappa shape index (κ3) is 8.51. The van der Waals surface area contributed by atoms with Crippen LogP contribution in [0.15, 0.2) is 24.3 Å². The van der Waals surface area contributed by atoms with Gasteiger partial charge in [-0.2, -0.15) is 0 Å². The number of halogens is 1. The van der Waals surface area contributed by atoms with E-state index >= 15 is 0 Å². The fourth-order valence-electron chi connectivity index (χ4n) is 1.84. The molecule has 5 N–H and O–H groups in total. The lowest BCUT2D eigenvalue weighted by molar-refractivity contribution is -0.147. The standard InChI is InChI=1S/C15H23ClN4O3/c1-20(19-14(21)8-13(18)6-7-17)9-15(22)23-10-11-2-4-12(16)5-3-11/h2-5,13H,6-10,17-18H2,1H3,(H,19,21)/t13-/m0/s1. The van der Waals surface area contributed by atoms with E-state index in [2.05, 4.69) is 5.43 Å². The van der Waals surface area contributed by atoms with E-state index in [0.29, 0.717) is 18.0 Å². The number of nitrogens with one attached hydrogen (secondary N) is 1. The summed E-state index contributed by atoms with van der Waals surface area (Å²) in [6.45, 7) is 0.520. The number of benzene rings is 1. The third-order valence-corrected chi connectivity index (χ3v) is 3.23. The number of ether oxygens (including phenoxy) is 1. The van der Waals surface area contributed by atoms with Gasteiger partial charge in [-0.05, 0) is 30.7 Å². The van der Waals surface area contributed by atoms with E-state index in [4.69, 9.17) is 27.8 Å². The molecule has 1 atom stereocenters. The Bertz CT molecular complexity index is 510. The summed E-state index contributed by atoms with van der Waals surface area (Å²) in [7, 11) is 1.58. The summed E-state index contributed by atoms with van der Waals surface area (Å²) >= 11 is 5.78. The van der Waals surface area contributed by atoms with E-state index < -0.39 is 5.97 Å². The lowest BCUT2D eigenvalue weighted by atomic mass is 10.1. The van der Waals surface area contributed by atoms with Crippen molar-refractivity contribution >= 4 is 23.5 Å². The van der Waals surface area contributed by atoms with E-state index in [-0.39, 0.29) is 31.5 Å². The first kappa shape index (κ1) is 19.4. The van der Waals surface area contributed by atoms with E-state index in [1.165, 1.54) is 5.01 Å². The van der Waals surface area contributed by atoms with Gasteiger partial charge in [-0.15, -0.1) is 0 Å². The van der Waals surface area contributed by atoms with Crippen LogP contribution in [0.1, 0.15) is 18.4 Å². The molecule has 0 aliphatic rings. The van der Waals surface area contributed by atoms with Crippen LogP contribution < -0.4 is 16.9 Å². The first-order valence-electron chi connectivity index (χ1n) is 7.27. The fraction of sp³-hybridized carbons (Fsp3) is 0.467. The fourth-order valence-corrected chi connectivity index (χ4v) is 1.96. The number of rotatable bonds is 9. The number of hydrazine groups is 1. The van der Waals surface area contributed by atoms with Crippen molar-refractivity contribution in [3.05, 3.63) is 34.9 Å². The van der Waals surface area contributed by atoms with Gasteiger partial charge in [0.25, 0.3) is 0 Å². The minimum Gasteiger partial charge on any atom is -0.460 e. The van der Waals surface area contributed by atoms with Gasteiger partial charge in [0.15, 0.2) is 0 Å². The quantitative estimate of drug-likeness (QED) is 0.443. The van der Waals surface area contributed by atoms with Crippen LogP contribution in [0.5, 0.6) is 0 Å². The second kappa shape index (κ2) is 10.2. The van der Waals surface area contributed by atoms with Crippen LogP contribution in [0, 0.1) is 0 Å². The molecule has 7 nitrogen and oxygen atoms in total. The number of likely N-dealkylation sites (N-methyl/N-ethyl adjacent to an activating group) is 1. The second-order valence-corrected chi connectivity index (χ2v) is 5.66. The zero-order valence-electron chi connectivity index (χ0n) is 13.1. The maximum atomic E-state index is 11.7. The van der Waals surface area contributed by atoms with Crippen LogP contribution in [0.4, 0.5) is 0 Å². The highest BCUT2D eigenvalue weighted by molar-refractivity contribution is 6.30. The van der Waals surface area contributed by atoms with Crippen molar-refractivity contribution in [2.75, 3.05) is 20.1 Å². The molecule has 0 aliphatic heterocycles. The Kier molecular flexibility index (Phi) is 8.57. The van der Waals surface area contributed by atoms with Gasteiger partial charge in [-0.3, -0.25) is 15.0 Å². The topological polar surface area (TPSA) is 111 Å². The lowest BCUT2D eigenvalue weighted by Crippen LogP contribution is -2.44. The lowest BCUT2D eigenvalue weighted by Gasteiger charge is -2.18. The summed E-state index contributed by atoms with van der Waals surface area (Å²) in [5.74, 6) is -0.715. The van der Waals surface area contributed by atoms with Crippen molar-refractivity contribution in [1.29, 1.82) is 0 Å². The first-order chi connectivity index (χ1) is 10.9. The smallest absolute Gasteiger partial charge is 0.322 e. The van der Waals surface area contributed by atoms with Gasteiger partial charge in [0, 0.05) is 24.5 Å². The highest BCUT2D eigenvalue weighted by atomic mass is 35.5. The zero-order chi connectivity index (χ0) is 17.2. The molecular formula is C15H23ClN4O3. The van der Waals surface area contributed by atoms with Crippen LogP contribution in [0.25, 0.3) is 0 Å². The summed E-state index contributed by atoms with van der Waals surface area (Å²) < 4.78 is 5.12. The van der Waals surface area contributed by atoms with Crippen LogP contribution in [-0.2, 0) is 20.9 Å². The summed E-state index contributed by atoms with van der Waals surface area (Å²) in [5.41, 5.74) is 14.5. The van der Waals surface area contributed by atoms with Crippen LogP contribution >= 0.6 is 11.6 Å². The molecule has 8 heteroatoms. The van der Waals surface area contributed by atoms with Crippen molar-refractivity contribution in [3.63, 3.8) is 0 Å². The molecule has 1 amide bonds. The highest BCUT2D eigenvalue weighted by Crippen LogP contribution is 2.10. The first-order valence-corrected chi connectivity index (χ1v) is 7.65. The summed E-state index contributed by atoms with van der Waals surface area (Å²) in [6.07, 6.45) is 0.724. The zero-order valence-corrected chi connectivity index (χ0v) is 13.9. The van der Waals surface area contributed by atoms with Gasteiger partial charge >= 0.3 is 5.97 Å². The summed E-state index contributed by atoms with van der Waals surface area (Å²) in [5, 5.41) is 1.98. The number of nitrogens with two attached hydrogens (primary N) is 2. The maximum absolute atomic E-state index is 11.7. The molecule has 0 bridgehead atoms. The van der Waals surface area contributed by atoms with Crippen LogP contribution in [0.2, 0.25) is 5.02 Å². The molecule has 0 saturated carbocycles. The third-order valence-electron chi connectivity index (χ3n) is 2.98. The number of carbonyl (C=O) groups excluding carboxylic acids is 2. The average Bonchev–Trinajstić information content (AvgIpc) is 2.46. The SMILES string of the molecule is CN(CC(=O)OCc1ccc(Cl)cc1)NC(=O)C[C@@H](N)CCN. The Labute approximate surface area is 140 Å². The van der Waals surface area contributed by atoms with Crippen molar-refractivity contribution < 1.29 is 14.3 Å². The minimum atomic E-state index is -0.450. The number of nitrogens with zero attached hydrogens (tertiary/aromatic N) is 1. The van der Waals surface area contributed by atoms with E-state index in [9.17, 15) is 9.59 Å². The van der Waals surface area contributed by atoms with Gasteiger partial charge < -0.3 is 16.2 Å². The van der Waals surface area contributed by atoms with Gasteiger partial charge in [0.05, 0.1) is 0 Å². The van der Waals surface area contributed by atoms with Crippen molar-refractivity contribution in [2.24, 2.45) is 11.5 Å². The molecule has 23 heavy (non-hydrogen) atoms. The van der Waals surface area contributed by atoms with Gasteiger partial charge in [-0.25, -0.2) is 5.01 Å². The number of amides is 1. The number of carbonyl (C=O) groups is 2. The number of hydrogen-bond acceptors (Lipinski definition) is 6. The van der Waals surface area contributed by atoms with Gasteiger partial charge in [0.2, 0.25) is 5.91 Å². The predicted molar refractivity (Wildman–Crippen MR) is 88.3 cm³/mol. The monoisotopic (exact) mass is 342 g/mol. The Hall–Kier alpha value is -1.67. The molecule has 1 aromatic rings. The predicted octanol–water partition coefficient (Wildman–Crippen LogP) is 0.412. The van der Waals surface area contributed by atoms with Crippen molar-refractivity contribution in [3.8, 4) is 0 Å². The number of hydrogen-bond donors (Lipinski definition) is 3. The van der Waals surface area contributed by atoms with Gasteiger partial charge in [-0.1, -0.05) is 23.7 Å². The molecule has 0 spiro atoms. The van der Waals surface area contributed by atoms with Crippen LogP contribution in [0.3, 0.4) is 0 Å². The molecule has 0 heterocycles. The molecule has 0 saturated heterocycles. The molecule has 0 aromatic heterocycles. The number of esters is 1. The Morgan fingerprint density at radius 3 is 2.61 bits per heavy atom. The molecule has 1 aromatic carbocycles. The van der Waals surface area contributed by atoms with Crippen molar-refractivity contribution in [1.82, 2.24) is 10.4 Å². The van der Waals surface area contributed by atoms with E-state index in [1.807, 2.05) is 0 Å². The van der Waals surface area contributed by atoms with E-state index in [0.717, 1.165) is 5.56 Å². The molecule has 1 rings (SSSR count). The Morgan fingerprint density at radius 1 is 1.35 bits per heavy atom. The summed E-state index contributed by atoms with van der Waals surface area (Å²) in [6, 6.07) is 6.72. The van der Waals surface area contributed by atoms with Crippen molar-refractivity contribution in [2.45, 2.75) is 25.5 Å². The maximum Gasteiger partial charge on any atom is 0.322 e. The largest absolute Gasteiger partial charge is 0.460 e. The molecule has 0 radical (unpaired) electrons. The molecule has 128 valence electrons. The Morgan fingerprint density at radius 2 is 2.00 bits per heavy atom. The summed E-state index contributed by atoms with van der Waals surface area (Å²) in [4.78, 5) is 23.4. The van der Waals surface area contributed by atoms with E-state index in [1.54, 1.807) is 31.3 Å². The molecule has 0 unspecified atom stereocenters. The Balaban J connectivity index is 2.27. The minimum absolute atomic E-state index is 0.0640. The molecule has 0 aliphatic carbocycles.